The number of pyridine rings is 1. The van der Waals surface area contributed by atoms with Crippen molar-refractivity contribution in [2.45, 2.75) is 17.7 Å². The van der Waals surface area contributed by atoms with Crippen molar-refractivity contribution in [2.24, 2.45) is 5.14 Å². The van der Waals surface area contributed by atoms with E-state index < -0.39 is 15.9 Å². The molecule has 122 valence electrons. The molecule has 8 heteroatoms. The molecule has 1 aliphatic carbocycles. The summed E-state index contributed by atoms with van der Waals surface area (Å²) in [4.78, 5) is 27.3. The Morgan fingerprint density at radius 1 is 1.25 bits per heavy atom. The van der Waals surface area contributed by atoms with Crippen molar-refractivity contribution in [3.63, 3.8) is 0 Å². The fraction of sp³-hybridized carbons (Fsp3) is 0.125. The van der Waals surface area contributed by atoms with Crippen molar-refractivity contribution in [1.29, 1.82) is 0 Å². The van der Waals surface area contributed by atoms with Crippen LogP contribution in [0.4, 0.5) is 5.69 Å². The smallest absolute Gasteiger partial charge is 0.257 e. The number of allylic oxidation sites excluding steroid dienone is 1. The number of carbonyl (C=O) groups is 1. The highest BCUT2D eigenvalue weighted by atomic mass is 32.2. The van der Waals surface area contributed by atoms with E-state index >= 15 is 0 Å². The van der Waals surface area contributed by atoms with Crippen LogP contribution in [-0.2, 0) is 21.2 Å². The topological polar surface area (TPSA) is 119 Å². The van der Waals surface area contributed by atoms with Crippen LogP contribution in [0, 0.1) is 0 Å². The molecule has 0 aliphatic heterocycles. The van der Waals surface area contributed by atoms with Gasteiger partial charge in [0, 0.05) is 28.7 Å². The largest absolute Gasteiger partial charge is 0.322 e. The van der Waals surface area contributed by atoms with E-state index in [-0.39, 0.29) is 16.1 Å². The maximum atomic E-state index is 12.3. The third-order valence-corrected chi connectivity index (χ3v) is 4.62. The highest BCUT2D eigenvalue weighted by Gasteiger charge is 2.20. The number of aromatic nitrogens is 1. The van der Waals surface area contributed by atoms with Crippen LogP contribution in [0.15, 0.2) is 41.4 Å². The Bertz CT molecular complexity index is 992. The fourth-order valence-corrected chi connectivity index (χ4v) is 3.08. The minimum Gasteiger partial charge on any atom is -0.322 e. The first-order valence-corrected chi connectivity index (χ1v) is 8.60. The first-order valence-electron chi connectivity index (χ1n) is 7.06. The van der Waals surface area contributed by atoms with Crippen LogP contribution >= 0.6 is 0 Å². The Balaban J connectivity index is 1.88. The molecule has 24 heavy (non-hydrogen) atoms. The van der Waals surface area contributed by atoms with Crippen LogP contribution in [0.3, 0.4) is 0 Å². The number of fused-ring (bicyclic) bond motifs is 1. The minimum atomic E-state index is -3.85. The molecule has 1 heterocycles. The molecule has 0 radical (unpaired) electrons. The number of amides is 1. The van der Waals surface area contributed by atoms with Gasteiger partial charge in [-0.1, -0.05) is 6.07 Å². The molecule has 1 aliphatic rings. The molecule has 2 aromatic rings. The van der Waals surface area contributed by atoms with Gasteiger partial charge in [-0.15, -0.1) is 0 Å². The second kappa shape index (κ2) is 6.01. The number of nitrogens with zero attached hydrogens (tertiary/aromatic N) is 1. The van der Waals surface area contributed by atoms with Gasteiger partial charge in [0.1, 0.15) is 5.94 Å². The molecule has 3 rings (SSSR count). The number of rotatable bonds is 3. The molecular formula is C16H13N3O4S. The Labute approximate surface area is 138 Å². The number of hydrogen-bond acceptors (Lipinski definition) is 5. The zero-order chi connectivity index (χ0) is 17.3. The van der Waals surface area contributed by atoms with Gasteiger partial charge in [0.15, 0.2) is 0 Å². The summed E-state index contributed by atoms with van der Waals surface area (Å²) in [5.41, 5.74) is 2.46. The van der Waals surface area contributed by atoms with Crippen LogP contribution in [0.25, 0.3) is 5.57 Å². The molecule has 1 aromatic carbocycles. The van der Waals surface area contributed by atoms with Crippen LogP contribution in [-0.4, -0.2) is 25.3 Å². The van der Waals surface area contributed by atoms with Gasteiger partial charge in [-0.3, -0.25) is 9.78 Å². The van der Waals surface area contributed by atoms with Crippen molar-refractivity contribution < 1.29 is 18.0 Å². The second-order valence-corrected chi connectivity index (χ2v) is 6.89. The lowest BCUT2D eigenvalue weighted by Crippen LogP contribution is -2.15. The predicted octanol–water partition coefficient (Wildman–Crippen LogP) is 1.14. The normalized spacial score (nSPS) is 13.3. The minimum absolute atomic E-state index is 0.0986. The summed E-state index contributed by atoms with van der Waals surface area (Å²) >= 11 is 0. The maximum absolute atomic E-state index is 12.3. The molecule has 0 fully saturated rings. The van der Waals surface area contributed by atoms with Gasteiger partial charge in [0.25, 0.3) is 5.91 Å². The molecule has 3 N–H and O–H groups in total. The van der Waals surface area contributed by atoms with Crippen molar-refractivity contribution in [1.82, 2.24) is 4.98 Å². The number of carbonyl (C=O) groups excluding carboxylic acids is 2. The Morgan fingerprint density at radius 3 is 2.75 bits per heavy atom. The van der Waals surface area contributed by atoms with Crippen molar-refractivity contribution >= 4 is 33.1 Å². The highest BCUT2D eigenvalue weighted by Crippen LogP contribution is 2.29. The fourth-order valence-electron chi connectivity index (χ4n) is 2.52. The average Bonchev–Trinajstić information content (AvgIpc) is 2.96. The summed E-state index contributed by atoms with van der Waals surface area (Å²) in [5.74, 6) is 1.41. The van der Waals surface area contributed by atoms with Gasteiger partial charge in [0.2, 0.25) is 10.0 Å². The van der Waals surface area contributed by atoms with E-state index in [0.717, 1.165) is 5.69 Å². The molecule has 1 aromatic heterocycles. The van der Waals surface area contributed by atoms with Gasteiger partial charge in [-0.2, -0.15) is 0 Å². The number of aryl methyl sites for hydroxylation is 1. The zero-order valence-electron chi connectivity index (χ0n) is 12.4. The first-order chi connectivity index (χ1) is 11.4. The standard InChI is InChI=1S/C16H13N3O4S/c17-24(22,23)13-3-1-2-12(7-13)19-16(21)11-6-14-10(9-20)4-5-15(14)18-8-11/h1-3,6-8H,4-5H2,(H,19,21)(H2,17,22,23). The van der Waals surface area contributed by atoms with E-state index in [1.807, 2.05) is 5.94 Å². The van der Waals surface area contributed by atoms with E-state index in [1.54, 1.807) is 12.1 Å². The number of sulfonamides is 1. The first kappa shape index (κ1) is 16.1. The van der Waals surface area contributed by atoms with Gasteiger partial charge in [-0.25, -0.2) is 18.4 Å². The van der Waals surface area contributed by atoms with Crippen molar-refractivity contribution in [3.05, 3.63) is 53.3 Å². The molecule has 0 bridgehead atoms. The summed E-state index contributed by atoms with van der Waals surface area (Å²) < 4.78 is 22.7. The monoisotopic (exact) mass is 343 g/mol. The number of hydrogen-bond donors (Lipinski definition) is 2. The number of nitrogens with two attached hydrogens (primary N) is 1. The summed E-state index contributed by atoms with van der Waals surface area (Å²) in [5, 5.41) is 7.66. The van der Waals surface area contributed by atoms with E-state index in [2.05, 4.69) is 10.3 Å². The summed E-state index contributed by atoms with van der Waals surface area (Å²) in [7, 11) is -3.85. The molecule has 0 unspecified atom stereocenters. The van der Waals surface area contributed by atoms with Gasteiger partial charge in [-0.05, 0) is 37.1 Å². The predicted molar refractivity (Wildman–Crippen MR) is 87.4 cm³/mol. The van der Waals surface area contributed by atoms with E-state index in [4.69, 9.17) is 5.14 Å². The SMILES string of the molecule is NS(=O)(=O)c1cccc(NC(=O)c2cnc3c(c2)C(=C=O)CC3)c1. The summed E-state index contributed by atoms with van der Waals surface area (Å²) in [6, 6.07) is 7.22. The molecule has 7 nitrogen and oxygen atoms in total. The van der Waals surface area contributed by atoms with Gasteiger partial charge >= 0.3 is 0 Å². The summed E-state index contributed by atoms with van der Waals surface area (Å²) in [6.07, 6.45) is 2.64. The average molecular weight is 343 g/mol. The van der Waals surface area contributed by atoms with E-state index in [9.17, 15) is 18.0 Å². The maximum Gasteiger partial charge on any atom is 0.257 e. The van der Waals surface area contributed by atoms with Gasteiger partial charge in [0.05, 0.1) is 10.5 Å². The number of benzene rings is 1. The number of primary sulfonamides is 1. The molecule has 0 saturated carbocycles. The lowest BCUT2D eigenvalue weighted by Gasteiger charge is -2.08. The highest BCUT2D eigenvalue weighted by molar-refractivity contribution is 7.89. The number of anilines is 1. The second-order valence-electron chi connectivity index (χ2n) is 5.33. The van der Waals surface area contributed by atoms with Crippen molar-refractivity contribution in [2.75, 3.05) is 5.32 Å². The van der Waals surface area contributed by atoms with E-state index in [1.165, 1.54) is 24.4 Å². The Kier molecular flexibility index (Phi) is 4.02. The van der Waals surface area contributed by atoms with Gasteiger partial charge < -0.3 is 5.32 Å². The summed E-state index contributed by atoms with van der Waals surface area (Å²) in [6.45, 7) is 0. The lowest BCUT2D eigenvalue weighted by atomic mass is 10.1. The van der Waals surface area contributed by atoms with Crippen LogP contribution < -0.4 is 10.5 Å². The molecular weight excluding hydrogens is 330 g/mol. The molecule has 1 amide bonds. The Morgan fingerprint density at radius 2 is 2.04 bits per heavy atom. The lowest BCUT2D eigenvalue weighted by molar-refractivity contribution is 0.102. The van der Waals surface area contributed by atoms with Crippen LogP contribution in [0.5, 0.6) is 0 Å². The third kappa shape index (κ3) is 3.11. The van der Waals surface area contributed by atoms with Crippen LogP contribution in [0.1, 0.15) is 28.0 Å². The third-order valence-electron chi connectivity index (χ3n) is 3.71. The molecule has 0 spiro atoms. The molecule has 0 saturated heterocycles. The van der Waals surface area contributed by atoms with Crippen LogP contribution in [0.2, 0.25) is 0 Å². The van der Waals surface area contributed by atoms with Crippen molar-refractivity contribution in [3.8, 4) is 0 Å². The zero-order valence-corrected chi connectivity index (χ0v) is 13.3. The number of nitrogens with one attached hydrogen (secondary N) is 1. The van der Waals surface area contributed by atoms with E-state index in [0.29, 0.717) is 24.0 Å². The molecule has 0 atom stereocenters. The quantitative estimate of drug-likeness (QED) is 0.810. The Hall–Kier alpha value is -2.80.